The number of hydrogen-bond acceptors (Lipinski definition) is 5. The Morgan fingerprint density at radius 1 is 1.03 bits per heavy atom. The van der Waals surface area contributed by atoms with Crippen molar-refractivity contribution in [2.45, 2.75) is 32.7 Å². The van der Waals surface area contributed by atoms with Crippen molar-refractivity contribution < 1.29 is 19.0 Å². The zero-order chi connectivity index (χ0) is 23.7. The molecule has 2 aliphatic heterocycles. The van der Waals surface area contributed by atoms with Crippen molar-refractivity contribution >= 4 is 11.9 Å². The molecule has 0 saturated heterocycles. The van der Waals surface area contributed by atoms with Gasteiger partial charge in [0.1, 0.15) is 24.0 Å². The van der Waals surface area contributed by atoms with Gasteiger partial charge in [0.25, 0.3) is 0 Å². The van der Waals surface area contributed by atoms with Gasteiger partial charge in [-0.15, -0.1) is 0 Å². The number of ether oxygens (including phenoxy) is 3. The molecule has 0 aliphatic carbocycles. The van der Waals surface area contributed by atoms with Crippen LogP contribution in [0.3, 0.4) is 0 Å². The fourth-order valence-electron chi connectivity index (χ4n) is 4.36. The summed E-state index contributed by atoms with van der Waals surface area (Å²) in [6.07, 6.45) is 2.72. The van der Waals surface area contributed by atoms with E-state index in [0.717, 1.165) is 35.6 Å². The summed E-state index contributed by atoms with van der Waals surface area (Å²) in [7, 11) is 1.67. The number of nitrogens with zero attached hydrogens (tertiary/aromatic N) is 1. The van der Waals surface area contributed by atoms with Crippen LogP contribution in [0.2, 0.25) is 0 Å². The summed E-state index contributed by atoms with van der Waals surface area (Å²) in [4.78, 5) is 15.3. The summed E-state index contributed by atoms with van der Waals surface area (Å²) in [6.45, 7) is 6.37. The first kappa shape index (κ1) is 22.2. The van der Waals surface area contributed by atoms with Crippen LogP contribution in [0.15, 0.2) is 66.4 Å². The van der Waals surface area contributed by atoms with E-state index in [0.29, 0.717) is 36.3 Å². The molecule has 2 heterocycles. The molecule has 174 valence electrons. The summed E-state index contributed by atoms with van der Waals surface area (Å²) in [5.74, 6) is 3.01. The average molecular weight is 456 g/mol. The molecular formula is C29H29NO4. The van der Waals surface area contributed by atoms with Gasteiger partial charge in [-0.25, -0.2) is 0 Å². The van der Waals surface area contributed by atoms with Crippen LogP contribution in [0.25, 0.3) is 6.08 Å². The zero-order valence-electron chi connectivity index (χ0n) is 19.8. The van der Waals surface area contributed by atoms with E-state index < -0.39 is 0 Å². The molecule has 5 heteroatoms. The lowest BCUT2D eigenvalue weighted by atomic mass is 10.0. The number of allylic oxidation sites excluding steroid dienone is 1. The summed E-state index contributed by atoms with van der Waals surface area (Å²) in [5, 5.41) is 0. The Kier molecular flexibility index (Phi) is 6.12. The van der Waals surface area contributed by atoms with Gasteiger partial charge >= 0.3 is 0 Å². The molecule has 3 aromatic rings. The van der Waals surface area contributed by atoms with E-state index in [9.17, 15) is 4.79 Å². The van der Waals surface area contributed by atoms with Crippen LogP contribution in [-0.4, -0.2) is 31.1 Å². The zero-order valence-corrected chi connectivity index (χ0v) is 19.8. The lowest BCUT2D eigenvalue weighted by molar-refractivity contribution is 0.0949. The van der Waals surface area contributed by atoms with Crippen molar-refractivity contribution in [3.05, 3.63) is 94.2 Å². The smallest absolute Gasteiger partial charge is 0.231 e. The first-order chi connectivity index (χ1) is 16.5. The van der Waals surface area contributed by atoms with E-state index in [1.165, 1.54) is 11.1 Å². The molecule has 0 aromatic heterocycles. The SMILES string of the molecule is COc1ccc(CCN2COc3ccc4c(c3C2)O/C(=C\c2ccc(C(C)C)cc2)C4=O)cc1. The predicted octanol–water partition coefficient (Wildman–Crippen LogP) is 5.83. The first-order valence-electron chi connectivity index (χ1n) is 11.7. The van der Waals surface area contributed by atoms with E-state index in [1.807, 2.05) is 42.5 Å². The van der Waals surface area contributed by atoms with E-state index in [1.54, 1.807) is 7.11 Å². The average Bonchev–Trinajstić information content (AvgIpc) is 3.18. The maximum Gasteiger partial charge on any atom is 0.231 e. The largest absolute Gasteiger partial charge is 0.497 e. The first-order valence-corrected chi connectivity index (χ1v) is 11.7. The Morgan fingerprint density at radius 3 is 2.50 bits per heavy atom. The van der Waals surface area contributed by atoms with E-state index in [4.69, 9.17) is 14.2 Å². The molecule has 0 atom stereocenters. The Morgan fingerprint density at radius 2 is 1.79 bits per heavy atom. The van der Waals surface area contributed by atoms with Crippen LogP contribution in [0.1, 0.15) is 52.4 Å². The van der Waals surface area contributed by atoms with Gasteiger partial charge in [-0.2, -0.15) is 0 Å². The molecule has 5 nitrogen and oxygen atoms in total. The highest BCUT2D eigenvalue weighted by Gasteiger charge is 2.33. The van der Waals surface area contributed by atoms with Gasteiger partial charge in [0.05, 0.1) is 18.2 Å². The van der Waals surface area contributed by atoms with Crippen LogP contribution in [-0.2, 0) is 13.0 Å². The van der Waals surface area contributed by atoms with Gasteiger partial charge in [0.15, 0.2) is 5.76 Å². The van der Waals surface area contributed by atoms with Crippen LogP contribution in [0, 0.1) is 0 Å². The number of carbonyl (C=O) groups excluding carboxylic acids is 1. The topological polar surface area (TPSA) is 48.0 Å². The number of Topliss-reactive ketones (excluding diaryl/α,β-unsaturated/α-hetero) is 1. The third-order valence-electron chi connectivity index (χ3n) is 6.46. The Balaban J connectivity index is 1.31. The summed E-state index contributed by atoms with van der Waals surface area (Å²) in [5.41, 5.74) is 5.00. The van der Waals surface area contributed by atoms with Gasteiger partial charge in [-0.3, -0.25) is 9.69 Å². The van der Waals surface area contributed by atoms with Crippen molar-refractivity contribution in [3.63, 3.8) is 0 Å². The molecule has 0 radical (unpaired) electrons. The fraction of sp³-hybridized carbons (Fsp3) is 0.276. The maximum atomic E-state index is 13.0. The number of carbonyl (C=O) groups is 1. The highest BCUT2D eigenvalue weighted by Crippen LogP contribution is 2.42. The van der Waals surface area contributed by atoms with Crippen LogP contribution in [0.4, 0.5) is 0 Å². The maximum absolute atomic E-state index is 13.0. The van der Waals surface area contributed by atoms with Crippen LogP contribution in [0.5, 0.6) is 17.2 Å². The minimum atomic E-state index is -0.0823. The summed E-state index contributed by atoms with van der Waals surface area (Å²) in [6, 6.07) is 20.1. The third kappa shape index (κ3) is 4.44. The van der Waals surface area contributed by atoms with Gasteiger partial charge < -0.3 is 14.2 Å². The lowest BCUT2D eigenvalue weighted by Gasteiger charge is -2.29. The fourth-order valence-corrected chi connectivity index (χ4v) is 4.36. The monoisotopic (exact) mass is 455 g/mol. The van der Waals surface area contributed by atoms with Gasteiger partial charge in [0, 0.05) is 13.1 Å². The lowest BCUT2D eigenvalue weighted by Crippen LogP contribution is -2.33. The Labute approximate surface area is 200 Å². The molecule has 0 unspecified atom stereocenters. The number of rotatable bonds is 6. The van der Waals surface area contributed by atoms with Gasteiger partial charge in [-0.1, -0.05) is 50.2 Å². The van der Waals surface area contributed by atoms with Crippen molar-refractivity contribution in [1.29, 1.82) is 0 Å². The van der Waals surface area contributed by atoms with Gasteiger partial charge in [0.2, 0.25) is 5.78 Å². The molecule has 0 N–H and O–H groups in total. The van der Waals surface area contributed by atoms with Crippen LogP contribution >= 0.6 is 0 Å². The highest BCUT2D eigenvalue weighted by molar-refractivity contribution is 6.15. The number of benzene rings is 3. The number of ketones is 1. The third-order valence-corrected chi connectivity index (χ3v) is 6.46. The van der Waals surface area contributed by atoms with Crippen molar-refractivity contribution in [2.24, 2.45) is 0 Å². The molecule has 0 fully saturated rings. The molecule has 2 aliphatic rings. The molecule has 5 rings (SSSR count). The quantitative estimate of drug-likeness (QED) is 0.438. The highest BCUT2D eigenvalue weighted by atomic mass is 16.5. The predicted molar refractivity (Wildman–Crippen MR) is 133 cm³/mol. The van der Waals surface area contributed by atoms with Gasteiger partial charge in [-0.05, 0) is 59.4 Å². The van der Waals surface area contributed by atoms with E-state index in [2.05, 4.69) is 43.0 Å². The van der Waals surface area contributed by atoms with Crippen molar-refractivity contribution in [2.75, 3.05) is 20.4 Å². The molecular weight excluding hydrogens is 426 g/mol. The molecule has 34 heavy (non-hydrogen) atoms. The number of hydrogen-bond donors (Lipinski definition) is 0. The van der Waals surface area contributed by atoms with E-state index >= 15 is 0 Å². The minimum Gasteiger partial charge on any atom is -0.497 e. The van der Waals surface area contributed by atoms with E-state index in [-0.39, 0.29) is 5.78 Å². The second-order valence-corrected chi connectivity index (χ2v) is 9.10. The van der Waals surface area contributed by atoms with Crippen LogP contribution < -0.4 is 14.2 Å². The Hall–Kier alpha value is -3.57. The normalized spacial score (nSPS) is 16.2. The van der Waals surface area contributed by atoms with Crippen molar-refractivity contribution in [3.8, 4) is 17.2 Å². The molecule has 0 amide bonds. The standard InChI is InChI=1S/C29H29NO4/c1-19(2)22-8-4-21(5-9-22)16-27-28(31)24-12-13-26-25(29(24)34-27)17-30(18-33-26)15-14-20-6-10-23(32-3)11-7-20/h4-13,16,19H,14-15,17-18H2,1-3H3/b27-16-. The molecule has 0 bridgehead atoms. The Bertz CT molecular complexity index is 1230. The second kappa shape index (κ2) is 9.35. The second-order valence-electron chi connectivity index (χ2n) is 9.10. The summed E-state index contributed by atoms with van der Waals surface area (Å²) < 4.78 is 17.4. The molecule has 0 saturated carbocycles. The minimum absolute atomic E-state index is 0.0823. The molecule has 0 spiro atoms. The van der Waals surface area contributed by atoms with Crippen molar-refractivity contribution in [1.82, 2.24) is 4.90 Å². The number of methoxy groups -OCH3 is 1. The number of fused-ring (bicyclic) bond motifs is 3. The molecule has 3 aromatic carbocycles. The summed E-state index contributed by atoms with van der Waals surface area (Å²) >= 11 is 0.